The molecule has 8 heteroatoms. The standard InChI is InChI=1S/C9H11NO5S2/c1-3-15-17(13,14)9-6-4-5-8(7-9)10-16(2,11)12/h3-7,10H,1H2,2H3. The molecule has 0 bridgehead atoms. The van der Waals surface area contributed by atoms with Crippen molar-refractivity contribution in [3.63, 3.8) is 0 Å². The Labute approximate surface area is 100 Å². The molecule has 0 aromatic heterocycles. The van der Waals surface area contributed by atoms with Crippen molar-refractivity contribution in [1.29, 1.82) is 0 Å². The Morgan fingerprint density at radius 1 is 1.29 bits per heavy atom. The topological polar surface area (TPSA) is 89.5 Å². The fourth-order valence-corrected chi connectivity index (χ4v) is 2.44. The van der Waals surface area contributed by atoms with Crippen LogP contribution in [0.4, 0.5) is 5.69 Å². The van der Waals surface area contributed by atoms with Gasteiger partial charge in [-0.25, -0.2) is 8.42 Å². The van der Waals surface area contributed by atoms with E-state index in [4.69, 9.17) is 0 Å². The predicted molar refractivity (Wildman–Crippen MR) is 63.4 cm³/mol. The Bertz CT molecular complexity index is 619. The molecule has 0 spiro atoms. The summed E-state index contributed by atoms with van der Waals surface area (Å²) >= 11 is 0. The maximum Gasteiger partial charge on any atom is 0.338 e. The van der Waals surface area contributed by atoms with Crippen LogP contribution in [0.5, 0.6) is 0 Å². The van der Waals surface area contributed by atoms with Crippen LogP contribution in [0.2, 0.25) is 0 Å². The quantitative estimate of drug-likeness (QED) is 0.638. The molecule has 0 aliphatic carbocycles. The molecule has 0 amide bonds. The first kappa shape index (κ1) is 13.5. The van der Waals surface area contributed by atoms with E-state index in [9.17, 15) is 16.8 Å². The number of nitrogens with one attached hydrogen (secondary N) is 1. The molecule has 17 heavy (non-hydrogen) atoms. The van der Waals surface area contributed by atoms with Crippen molar-refractivity contribution in [2.45, 2.75) is 4.90 Å². The zero-order chi connectivity index (χ0) is 13.1. The van der Waals surface area contributed by atoms with Gasteiger partial charge in [-0.2, -0.15) is 8.42 Å². The van der Waals surface area contributed by atoms with Crippen molar-refractivity contribution in [1.82, 2.24) is 0 Å². The third-order valence-electron chi connectivity index (χ3n) is 1.62. The number of rotatable bonds is 5. The highest BCUT2D eigenvalue weighted by Crippen LogP contribution is 2.18. The van der Waals surface area contributed by atoms with Crippen molar-refractivity contribution < 1.29 is 21.0 Å². The van der Waals surface area contributed by atoms with Crippen molar-refractivity contribution >= 4 is 25.8 Å². The maximum atomic E-state index is 11.5. The van der Waals surface area contributed by atoms with Gasteiger partial charge in [-0.1, -0.05) is 12.6 Å². The van der Waals surface area contributed by atoms with Crippen LogP contribution >= 0.6 is 0 Å². The SMILES string of the molecule is C=COS(=O)(=O)c1cccc(NS(C)(=O)=O)c1. The van der Waals surface area contributed by atoms with E-state index >= 15 is 0 Å². The summed E-state index contributed by atoms with van der Waals surface area (Å²) in [4.78, 5) is -0.161. The average molecular weight is 277 g/mol. The molecule has 6 nitrogen and oxygen atoms in total. The van der Waals surface area contributed by atoms with Crippen molar-refractivity contribution in [3.8, 4) is 0 Å². The Morgan fingerprint density at radius 3 is 2.47 bits per heavy atom. The number of anilines is 1. The molecule has 0 radical (unpaired) electrons. The second-order valence-electron chi connectivity index (χ2n) is 3.12. The molecule has 1 N–H and O–H groups in total. The Hall–Kier alpha value is -1.54. The minimum Gasteiger partial charge on any atom is -0.388 e. The van der Waals surface area contributed by atoms with E-state index in [1.54, 1.807) is 0 Å². The maximum absolute atomic E-state index is 11.5. The summed E-state index contributed by atoms with van der Waals surface area (Å²) in [6, 6.07) is 5.26. The van der Waals surface area contributed by atoms with Gasteiger partial charge in [-0.15, -0.1) is 0 Å². The fraction of sp³-hybridized carbons (Fsp3) is 0.111. The first-order valence-electron chi connectivity index (χ1n) is 4.37. The van der Waals surface area contributed by atoms with E-state index in [1.165, 1.54) is 18.2 Å². The van der Waals surface area contributed by atoms with Crippen molar-refractivity contribution in [2.75, 3.05) is 11.0 Å². The molecule has 0 aliphatic heterocycles. The zero-order valence-electron chi connectivity index (χ0n) is 8.95. The lowest BCUT2D eigenvalue weighted by Gasteiger charge is -2.06. The third-order valence-corrected chi connectivity index (χ3v) is 3.45. The van der Waals surface area contributed by atoms with Crippen LogP contribution in [-0.2, 0) is 24.3 Å². The summed E-state index contributed by atoms with van der Waals surface area (Å²) in [6.07, 6.45) is 1.75. The lowest BCUT2D eigenvalue weighted by Crippen LogP contribution is -2.10. The van der Waals surface area contributed by atoms with Crippen LogP contribution < -0.4 is 4.72 Å². The van der Waals surface area contributed by atoms with Crippen LogP contribution in [0, 0.1) is 0 Å². The summed E-state index contributed by atoms with van der Waals surface area (Å²) in [5.74, 6) is 0. The molecule has 1 aromatic carbocycles. The van der Waals surface area contributed by atoms with Gasteiger partial charge in [0.2, 0.25) is 10.0 Å². The van der Waals surface area contributed by atoms with Gasteiger partial charge in [0.15, 0.2) is 0 Å². The van der Waals surface area contributed by atoms with Crippen molar-refractivity contribution in [3.05, 3.63) is 37.1 Å². The minimum atomic E-state index is -3.94. The van der Waals surface area contributed by atoms with Gasteiger partial charge in [0, 0.05) is 5.69 Å². The van der Waals surface area contributed by atoms with Gasteiger partial charge in [0.1, 0.15) is 4.90 Å². The molecular formula is C9H11NO5S2. The summed E-state index contributed by atoms with van der Waals surface area (Å²) in [5.41, 5.74) is 0.140. The highest BCUT2D eigenvalue weighted by atomic mass is 32.2. The summed E-state index contributed by atoms with van der Waals surface area (Å²) in [6.45, 7) is 3.14. The summed E-state index contributed by atoms with van der Waals surface area (Å²) in [7, 11) is -7.40. The van der Waals surface area contributed by atoms with Crippen LogP contribution in [0.3, 0.4) is 0 Å². The van der Waals surface area contributed by atoms with E-state index in [0.29, 0.717) is 0 Å². The molecule has 0 heterocycles. The Balaban J connectivity index is 3.14. The van der Waals surface area contributed by atoms with Crippen LogP contribution in [-0.4, -0.2) is 23.1 Å². The normalized spacial score (nSPS) is 11.8. The van der Waals surface area contributed by atoms with Gasteiger partial charge in [-0.3, -0.25) is 4.72 Å². The molecule has 0 aliphatic rings. The Morgan fingerprint density at radius 2 is 1.94 bits per heavy atom. The van der Waals surface area contributed by atoms with Gasteiger partial charge in [-0.05, 0) is 18.2 Å². The van der Waals surface area contributed by atoms with E-state index in [2.05, 4.69) is 15.5 Å². The molecule has 94 valence electrons. The predicted octanol–water partition coefficient (Wildman–Crippen LogP) is 0.907. The first-order valence-corrected chi connectivity index (χ1v) is 7.66. The molecular weight excluding hydrogens is 266 g/mol. The van der Waals surface area contributed by atoms with E-state index < -0.39 is 20.1 Å². The summed E-state index contributed by atoms with van der Waals surface area (Å²) in [5, 5.41) is 0. The molecule has 1 aromatic rings. The monoisotopic (exact) mass is 277 g/mol. The van der Waals surface area contributed by atoms with Crippen molar-refractivity contribution in [2.24, 2.45) is 0 Å². The lowest BCUT2D eigenvalue weighted by atomic mass is 10.3. The number of sulfonamides is 1. The molecule has 0 saturated heterocycles. The first-order chi connectivity index (χ1) is 7.74. The molecule has 0 fully saturated rings. The second-order valence-corrected chi connectivity index (χ2v) is 6.44. The largest absolute Gasteiger partial charge is 0.388 e. The average Bonchev–Trinajstić information content (AvgIpc) is 2.15. The molecule has 0 saturated carbocycles. The second kappa shape index (κ2) is 4.76. The number of benzene rings is 1. The zero-order valence-corrected chi connectivity index (χ0v) is 10.6. The summed E-state index contributed by atoms with van der Waals surface area (Å²) < 4.78 is 51.4. The van der Waals surface area contributed by atoms with Gasteiger partial charge in [0.05, 0.1) is 12.5 Å². The van der Waals surface area contributed by atoms with Crippen LogP contribution in [0.15, 0.2) is 42.0 Å². The van der Waals surface area contributed by atoms with E-state index in [0.717, 1.165) is 18.6 Å². The molecule has 0 atom stereocenters. The van der Waals surface area contributed by atoms with Crippen LogP contribution in [0.25, 0.3) is 0 Å². The molecule has 0 unspecified atom stereocenters. The third kappa shape index (κ3) is 4.08. The van der Waals surface area contributed by atoms with Gasteiger partial charge in [0.25, 0.3) is 0 Å². The Kier molecular flexibility index (Phi) is 3.79. The van der Waals surface area contributed by atoms with E-state index in [1.807, 2.05) is 0 Å². The highest BCUT2D eigenvalue weighted by Gasteiger charge is 2.15. The lowest BCUT2D eigenvalue weighted by molar-refractivity contribution is 0.444. The van der Waals surface area contributed by atoms with Gasteiger partial charge >= 0.3 is 10.1 Å². The number of hydrogen-bond donors (Lipinski definition) is 1. The fourth-order valence-electron chi connectivity index (χ4n) is 1.07. The number of hydrogen-bond acceptors (Lipinski definition) is 5. The van der Waals surface area contributed by atoms with Gasteiger partial charge < -0.3 is 4.18 Å². The molecule has 1 rings (SSSR count). The smallest absolute Gasteiger partial charge is 0.338 e. The minimum absolute atomic E-state index is 0.140. The highest BCUT2D eigenvalue weighted by molar-refractivity contribution is 7.92. The van der Waals surface area contributed by atoms with Crippen LogP contribution in [0.1, 0.15) is 0 Å². The van der Waals surface area contributed by atoms with E-state index in [-0.39, 0.29) is 10.6 Å².